The Bertz CT molecular complexity index is 430. The van der Waals surface area contributed by atoms with Gasteiger partial charge in [-0.15, -0.1) is 0 Å². The zero-order valence-corrected chi connectivity index (χ0v) is 10.8. The van der Waals surface area contributed by atoms with Crippen molar-refractivity contribution in [1.82, 2.24) is 14.7 Å². The molecule has 0 saturated carbocycles. The molecule has 0 aliphatic heterocycles. The molecule has 2 N–H and O–H groups in total. The van der Waals surface area contributed by atoms with E-state index in [2.05, 4.69) is 10.4 Å². The van der Waals surface area contributed by atoms with E-state index in [1.54, 1.807) is 17.8 Å². The summed E-state index contributed by atoms with van der Waals surface area (Å²) in [5.41, 5.74) is 0.550. The molecule has 1 rings (SSSR count). The molecule has 0 spiro atoms. The number of carboxylic acids is 1. The predicted molar refractivity (Wildman–Crippen MR) is 66.4 cm³/mol. The lowest BCUT2D eigenvalue weighted by molar-refractivity contribution is -0.141. The quantitative estimate of drug-likeness (QED) is 0.827. The van der Waals surface area contributed by atoms with Crippen molar-refractivity contribution < 1.29 is 14.7 Å². The second-order valence-corrected chi connectivity index (χ2v) is 3.89. The smallest absolute Gasteiger partial charge is 0.326 e. The molecule has 0 aromatic carbocycles. The first kappa shape index (κ1) is 14.0. The van der Waals surface area contributed by atoms with Gasteiger partial charge >= 0.3 is 12.0 Å². The Morgan fingerprint density at radius 1 is 1.56 bits per heavy atom. The van der Waals surface area contributed by atoms with Crippen molar-refractivity contribution in [2.24, 2.45) is 0 Å². The number of hydrogen-bond donors (Lipinski definition) is 2. The number of carbonyl (C=O) groups is 2. The van der Waals surface area contributed by atoms with Crippen LogP contribution in [0.2, 0.25) is 0 Å². The minimum atomic E-state index is -1.01. The maximum atomic E-state index is 11.8. The minimum absolute atomic E-state index is 0.355. The summed E-state index contributed by atoms with van der Waals surface area (Å²) in [5, 5.41) is 15.6. The van der Waals surface area contributed by atoms with Gasteiger partial charge in [0.1, 0.15) is 6.04 Å². The fraction of sp³-hybridized carbons (Fsp3) is 0.545. The number of nitrogens with zero attached hydrogens (tertiary/aromatic N) is 3. The van der Waals surface area contributed by atoms with Crippen LogP contribution in [0.5, 0.6) is 0 Å². The van der Waals surface area contributed by atoms with Crippen molar-refractivity contribution in [3.63, 3.8) is 0 Å². The Balaban J connectivity index is 2.66. The van der Waals surface area contributed by atoms with Crippen molar-refractivity contribution in [3.05, 3.63) is 12.4 Å². The number of aliphatic carboxylic acids is 1. The van der Waals surface area contributed by atoms with Crippen molar-refractivity contribution >= 4 is 17.7 Å². The second kappa shape index (κ2) is 6.04. The average molecular weight is 254 g/mol. The van der Waals surface area contributed by atoms with Gasteiger partial charge in [0.2, 0.25) is 0 Å². The third kappa shape index (κ3) is 3.22. The molecular formula is C11H18N4O3. The van der Waals surface area contributed by atoms with Crippen LogP contribution in [0, 0.1) is 0 Å². The SMILES string of the molecule is CCC(C(=O)O)N(C)C(=O)Nc1cnn(CC)c1. The lowest BCUT2D eigenvalue weighted by atomic mass is 10.2. The van der Waals surface area contributed by atoms with E-state index in [0.29, 0.717) is 18.7 Å². The van der Waals surface area contributed by atoms with Crippen LogP contribution in [0.25, 0.3) is 0 Å². The molecule has 0 saturated heterocycles. The number of anilines is 1. The van der Waals surface area contributed by atoms with Gasteiger partial charge in [-0.05, 0) is 13.3 Å². The Labute approximate surface area is 105 Å². The van der Waals surface area contributed by atoms with Crippen LogP contribution >= 0.6 is 0 Å². The van der Waals surface area contributed by atoms with E-state index in [1.165, 1.54) is 18.1 Å². The topological polar surface area (TPSA) is 87.5 Å². The molecule has 1 unspecified atom stereocenters. The molecule has 100 valence electrons. The molecule has 1 atom stereocenters. The number of amides is 2. The van der Waals surface area contributed by atoms with Gasteiger partial charge in [-0.25, -0.2) is 9.59 Å². The summed E-state index contributed by atoms with van der Waals surface area (Å²) in [6.07, 6.45) is 3.57. The molecular weight excluding hydrogens is 236 g/mol. The number of aromatic nitrogens is 2. The van der Waals surface area contributed by atoms with Gasteiger partial charge in [0.25, 0.3) is 0 Å². The van der Waals surface area contributed by atoms with Crippen LogP contribution in [0.1, 0.15) is 20.3 Å². The van der Waals surface area contributed by atoms with E-state index < -0.39 is 18.0 Å². The summed E-state index contributed by atoms with van der Waals surface area (Å²) in [5.74, 6) is -1.01. The van der Waals surface area contributed by atoms with Gasteiger partial charge in [0.05, 0.1) is 11.9 Å². The van der Waals surface area contributed by atoms with Crippen LogP contribution in [0.3, 0.4) is 0 Å². The van der Waals surface area contributed by atoms with Crippen LogP contribution < -0.4 is 5.32 Å². The van der Waals surface area contributed by atoms with Gasteiger partial charge in [-0.3, -0.25) is 4.68 Å². The predicted octanol–water partition coefficient (Wildman–Crippen LogP) is 1.23. The monoisotopic (exact) mass is 254 g/mol. The van der Waals surface area contributed by atoms with Crippen molar-refractivity contribution in [2.75, 3.05) is 12.4 Å². The third-order valence-electron chi connectivity index (χ3n) is 2.67. The molecule has 1 aromatic heterocycles. The molecule has 18 heavy (non-hydrogen) atoms. The summed E-state index contributed by atoms with van der Waals surface area (Å²) in [6, 6.07) is -1.29. The molecule has 7 heteroatoms. The Kier molecular flexibility index (Phi) is 4.70. The summed E-state index contributed by atoms with van der Waals surface area (Å²) in [7, 11) is 1.46. The first-order valence-corrected chi connectivity index (χ1v) is 5.78. The molecule has 0 aliphatic carbocycles. The average Bonchev–Trinajstić information content (AvgIpc) is 2.77. The van der Waals surface area contributed by atoms with E-state index in [0.717, 1.165) is 0 Å². The highest BCUT2D eigenvalue weighted by Crippen LogP contribution is 2.08. The number of aryl methyl sites for hydroxylation is 1. The number of carboxylic acid groups (broad SMARTS) is 1. The Morgan fingerprint density at radius 3 is 2.67 bits per heavy atom. The molecule has 7 nitrogen and oxygen atoms in total. The minimum Gasteiger partial charge on any atom is -0.480 e. The Morgan fingerprint density at radius 2 is 2.22 bits per heavy atom. The normalized spacial score (nSPS) is 11.9. The largest absolute Gasteiger partial charge is 0.480 e. The van der Waals surface area contributed by atoms with Crippen LogP contribution in [-0.2, 0) is 11.3 Å². The van der Waals surface area contributed by atoms with E-state index in [1.807, 2.05) is 6.92 Å². The molecule has 0 aliphatic rings. The van der Waals surface area contributed by atoms with Crippen molar-refractivity contribution in [2.45, 2.75) is 32.9 Å². The summed E-state index contributed by atoms with van der Waals surface area (Å²) in [4.78, 5) is 23.9. The highest BCUT2D eigenvalue weighted by molar-refractivity contribution is 5.91. The maximum Gasteiger partial charge on any atom is 0.326 e. The Hall–Kier alpha value is -2.05. The van der Waals surface area contributed by atoms with E-state index in [4.69, 9.17) is 5.11 Å². The van der Waals surface area contributed by atoms with E-state index in [9.17, 15) is 9.59 Å². The molecule has 1 heterocycles. The lowest BCUT2D eigenvalue weighted by Crippen LogP contribution is -2.44. The van der Waals surface area contributed by atoms with Crippen LogP contribution in [-0.4, -0.2) is 44.9 Å². The third-order valence-corrected chi connectivity index (χ3v) is 2.67. The van der Waals surface area contributed by atoms with E-state index in [-0.39, 0.29) is 0 Å². The first-order valence-electron chi connectivity index (χ1n) is 5.78. The summed E-state index contributed by atoms with van der Waals surface area (Å²) < 4.78 is 1.67. The molecule has 0 bridgehead atoms. The lowest BCUT2D eigenvalue weighted by Gasteiger charge is -2.23. The number of rotatable bonds is 5. The summed E-state index contributed by atoms with van der Waals surface area (Å²) >= 11 is 0. The second-order valence-electron chi connectivity index (χ2n) is 3.89. The molecule has 0 radical (unpaired) electrons. The van der Waals surface area contributed by atoms with Gasteiger partial charge < -0.3 is 15.3 Å². The van der Waals surface area contributed by atoms with Gasteiger partial charge in [-0.2, -0.15) is 5.10 Å². The molecule has 0 fully saturated rings. The van der Waals surface area contributed by atoms with Crippen molar-refractivity contribution in [1.29, 1.82) is 0 Å². The van der Waals surface area contributed by atoms with Crippen molar-refractivity contribution in [3.8, 4) is 0 Å². The zero-order valence-electron chi connectivity index (χ0n) is 10.8. The first-order chi connectivity index (χ1) is 8.49. The number of urea groups is 1. The fourth-order valence-electron chi connectivity index (χ4n) is 1.57. The van der Waals surface area contributed by atoms with E-state index >= 15 is 0 Å². The zero-order chi connectivity index (χ0) is 13.7. The standard InChI is InChI=1S/C11H18N4O3/c1-4-9(10(16)17)14(3)11(18)13-8-6-12-15(5-2)7-8/h6-7,9H,4-5H2,1-3H3,(H,13,18)(H,16,17). The number of nitrogens with one attached hydrogen (secondary N) is 1. The molecule has 2 amide bonds. The van der Waals surface area contributed by atoms with Crippen LogP contribution in [0.4, 0.5) is 10.5 Å². The number of likely N-dealkylation sites (N-methyl/N-ethyl adjacent to an activating group) is 1. The number of hydrogen-bond acceptors (Lipinski definition) is 3. The van der Waals surface area contributed by atoms with Gasteiger partial charge in [0.15, 0.2) is 0 Å². The summed E-state index contributed by atoms with van der Waals surface area (Å²) in [6.45, 7) is 4.36. The molecule has 1 aromatic rings. The van der Waals surface area contributed by atoms with Gasteiger partial charge in [-0.1, -0.05) is 6.92 Å². The fourth-order valence-corrected chi connectivity index (χ4v) is 1.57. The highest BCUT2D eigenvalue weighted by Gasteiger charge is 2.24. The van der Waals surface area contributed by atoms with Crippen LogP contribution in [0.15, 0.2) is 12.4 Å². The van der Waals surface area contributed by atoms with Gasteiger partial charge in [0, 0.05) is 19.8 Å². The number of carbonyl (C=O) groups excluding carboxylic acids is 1. The maximum absolute atomic E-state index is 11.8. The highest BCUT2D eigenvalue weighted by atomic mass is 16.4.